The molecule has 84 heavy (non-hydrogen) atoms. The number of hydrogen-bond acceptors (Lipinski definition) is 18. The molecule has 2 saturated carbocycles. The lowest BCUT2D eigenvalue weighted by Gasteiger charge is -2.27. The molecule has 0 amide bonds. The summed E-state index contributed by atoms with van der Waals surface area (Å²) >= 11 is 1.53. The Kier molecular flexibility index (Phi) is 26.3. The Labute approximate surface area is 496 Å². The molecule has 0 N–H and O–H groups in total. The highest BCUT2D eigenvalue weighted by Gasteiger charge is 2.32. The number of anilines is 1. The fourth-order valence-electron chi connectivity index (χ4n) is 9.81. The summed E-state index contributed by atoms with van der Waals surface area (Å²) in [6.45, 7) is 11.3. The summed E-state index contributed by atoms with van der Waals surface area (Å²) in [5, 5.41) is 7.49. The van der Waals surface area contributed by atoms with Gasteiger partial charge in [-0.25, -0.2) is 29.2 Å². The maximum Gasteiger partial charge on any atom is 0.339 e. The molecule has 2 fully saturated rings. The molecular weight excluding hydrogens is 1090 g/mol. The van der Waals surface area contributed by atoms with Crippen molar-refractivity contribution in [2.45, 2.75) is 148 Å². The molecule has 0 radical (unpaired) electrons. The van der Waals surface area contributed by atoms with E-state index in [2.05, 4.69) is 20.1 Å². The number of ether oxygens (including phenoxy) is 8. The first-order valence-electron chi connectivity index (χ1n) is 29.7. The molecule has 5 aromatic rings. The summed E-state index contributed by atoms with van der Waals surface area (Å²) in [6.07, 6.45) is 17.9. The van der Waals surface area contributed by atoms with E-state index in [1.54, 1.807) is 72.9 Å². The summed E-state index contributed by atoms with van der Waals surface area (Å²) in [4.78, 5) is 81.6. The van der Waals surface area contributed by atoms with Gasteiger partial charge in [-0.1, -0.05) is 62.8 Å². The number of carbonyl (C=O) groups is 6. The molecule has 0 unspecified atom stereocenters. The molecule has 448 valence electrons. The normalized spacial score (nSPS) is 16.7. The van der Waals surface area contributed by atoms with Crippen LogP contribution in [-0.4, -0.2) is 92.2 Å². The van der Waals surface area contributed by atoms with Gasteiger partial charge in [0.25, 0.3) is 0 Å². The molecular formula is C66H79N3O14S. The lowest BCUT2D eigenvalue weighted by atomic mass is 9.87. The van der Waals surface area contributed by atoms with Gasteiger partial charge in [0.15, 0.2) is 0 Å². The van der Waals surface area contributed by atoms with Crippen LogP contribution in [0.3, 0.4) is 0 Å². The van der Waals surface area contributed by atoms with Gasteiger partial charge in [0.2, 0.25) is 5.13 Å². The Morgan fingerprint density at radius 2 is 1.07 bits per heavy atom. The van der Waals surface area contributed by atoms with Crippen LogP contribution in [-0.2, 0) is 38.1 Å². The minimum absolute atomic E-state index is 0.241. The molecule has 18 heteroatoms. The van der Waals surface area contributed by atoms with Crippen molar-refractivity contribution in [2.75, 3.05) is 38.0 Å². The van der Waals surface area contributed by atoms with E-state index >= 15 is 0 Å². The number of esters is 6. The molecule has 0 atom stereocenters. The van der Waals surface area contributed by atoms with Crippen molar-refractivity contribution in [3.63, 3.8) is 0 Å². The molecule has 0 saturated heterocycles. The van der Waals surface area contributed by atoms with Crippen LogP contribution < -0.4 is 24.0 Å². The van der Waals surface area contributed by atoms with Gasteiger partial charge in [0.1, 0.15) is 35.2 Å². The molecule has 1 heterocycles. The number of rotatable bonds is 34. The van der Waals surface area contributed by atoms with Crippen LogP contribution in [0.1, 0.15) is 162 Å². The molecule has 17 nitrogen and oxygen atoms in total. The Balaban J connectivity index is 0.911. The zero-order chi connectivity index (χ0) is 59.3. The van der Waals surface area contributed by atoms with Crippen molar-refractivity contribution >= 4 is 68.7 Å². The number of hydrogen-bond donors (Lipinski definition) is 0. The van der Waals surface area contributed by atoms with E-state index in [1.807, 2.05) is 29.3 Å². The van der Waals surface area contributed by atoms with Crippen LogP contribution in [0.4, 0.5) is 5.13 Å². The molecule has 2 aliphatic carbocycles. The van der Waals surface area contributed by atoms with E-state index < -0.39 is 41.9 Å². The summed E-state index contributed by atoms with van der Waals surface area (Å²) in [6, 6.07) is 26.5. The zero-order valence-corrected chi connectivity index (χ0v) is 49.1. The van der Waals surface area contributed by atoms with Crippen molar-refractivity contribution in [3.05, 3.63) is 133 Å². The Morgan fingerprint density at radius 1 is 0.571 bits per heavy atom. The molecule has 1 aromatic heterocycles. The van der Waals surface area contributed by atoms with E-state index in [0.29, 0.717) is 118 Å². The highest BCUT2D eigenvalue weighted by atomic mass is 32.1. The molecule has 4 aromatic carbocycles. The molecule has 0 bridgehead atoms. The summed E-state index contributed by atoms with van der Waals surface area (Å²) < 4.78 is 46.5. The van der Waals surface area contributed by atoms with Crippen LogP contribution in [0.2, 0.25) is 0 Å². The Hall–Kier alpha value is -7.86. The third-order valence-electron chi connectivity index (χ3n) is 14.7. The average molecular weight is 1170 g/mol. The minimum Gasteiger partial charge on any atom is -0.494 e. The van der Waals surface area contributed by atoms with Gasteiger partial charge in [0, 0.05) is 24.3 Å². The second-order valence-corrected chi connectivity index (χ2v) is 22.0. The van der Waals surface area contributed by atoms with Crippen molar-refractivity contribution < 1.29 is 66.7 Å². The number of fused-ring (bicyclic) bond motifs is 1. The summed E-state index contributed by atoms with van der Waals surface area (Å²) in [5.41, 5.74) is 1.90. The third-order valence-corrected chi connectivity index (χ3v) is 15.7. The number of nitrogens with zero attached hydrogens (tertiary/aromatic N) is 3. The Morgan fingerprint density at radius 3 is 1.63 bits per heavy atom. The zero-order valence-electron chi connectivity index (χ0n) is 48.3. The highest BCUT2D eigenvalue weighted by molar-refractivity contribution is 7.22. The first-order valence-corrected chi connectivity index (χ1v) is 30.5. The smallest absolute Gasteiger partial charge is 0.339 e. The van der Waals surface area contributed by atoms with Crippen LogP contribution in [0.5, 0.6) is 23.0 Å². The predicted octanol–water partition coefficient (Wildman–Crippen LogP) is 13.7. The maximum absolute atomic E-state index is 14.2. The van der Waals surface area contributed by atoms with Crippen LogP contribution in [0, 0.1) is 11.8 Å². The van der Waals surface area contributed by atoms with E-state index in [0.717, 1.165) is 99.4 Å². The number of unbranched alkanes of at least 4 members (excludes halogenated alkanes) is 9. The average Bonchev–Trinajstić information content (AvgIpc) is 4.10. The number of para-hydroxylation sites is 1. The van der Waals surface area contributed by atoms with Crippen molar-refractivity contribution in [3.8, 4) is 23.0 Å². The summed E-state index contributed by atoms with van der Waals surface area (Å²) in [7, 11) is 0. The predicted molar refractivity (Wildman–Crippen MR) is 322 cm³/mol. The summed E-state index contributed by atoms with van der Waals surface area (Å²) in [5.74, 6) is -1.41. The maximum atomic E-state index is 14.2. The van der Waals surface area contributed by atoms with E-state index in [4.69, 9.17) is 48.0 Å². The van der Waals surface area contributed by atoms with Crippen molar-refractivity contribution in [1.82, 2.24) is 4.98 Å². The first-order chi connectivity index (χ1) is 41.0. The first kappa shape index (κ1) is 63.7. The Bertz CT molecular complexity index is 2930. The van der Waals surface area contributed by atoms with Crippen LogP contribution in [0.25, 0.3) is 10.2 Å². The standard InChI is InChI=1S/C66H79N3O14S/c1-4-7-8-15-40-69(66-68-58-20-13-14-21-59(58)84-66)67-46-50-45-56(83-64(74)49-24-30-53(31-25-49)80-62(72)47-22-28-51(29-23-47)76-41-16-9-11-18-43-78-60(70)5-2)38-39-57(50)65(75)82-54-32-26-48(27-33-54)63(73)81-55-36-34-52(35-37-55)77-42-17-10-12-19-44-79-61(71)6-3/h5-6,13-14,20-23,28-29,34-39,45-46,48-49,53-54H,2-4,7-12,15-19,24-27,30-33,40-44H2,1H3/b67-46+. The molecule has 0 spiro atoms. The number of aromatic nitrogens is 1. The minimum atomic E-state index is -0.564. The fourth-order valence-corrected chi connectivity index (χ4v) is 10.8. The van der Waals surface area contributed by atoms with Gasteiger partial charge in [0.05, 0.1) is 65.8 Å². The topological polar surface area (TPSA) is 205 Å². The second kappa shape index (κ2) is 34.7. The lowest BCUT2D eigenvalue weighted by Crippen LogP contribution is -2.30. The molecule has 2 aliphatic rings. The van der Waals surface area contributed by atoms with Gasteiger partial charge < -0.3 is 37.9 Å². The van der Waals surface area contributed by atoms with Crippen LogP contribution in [0.15, 0.2) is 121 Å². The quantitative estimate of drug-likeness (QED) is 0.00714. The second-order valence-electron chi connectivity index (χ2n) is 21.0. The van der Waals surface area contributed by atoms with Crippen LogP contribution >= 0.6 is 11.3 Å². The van der Waals surface area contributed by atoms with Gasteiger partial charge in [-0.05, 0) is 188 Å². The number of carbonyl (C=O) groups excluding carboxylic acids is 6. The van der Waals surface area contributed by atoms with Crippen molar-refractivity contribution in [1.29, 1.82) is 0 Å². The van der Waals surface area contributed by atoms with E-state index in [-0.39, 0.29) is 29.3 Å². The van der Waals surface area contributed by atoms with Crippen molar-refractivity contribution in [2.24, 2.45) is 16.9 Å². The number of benzene rings is 4. The van der Waals surface area contributed by atoms with Gasteiger partial charge >= 0.3 is 35.8 Å². The monoisotopic (exact) mass is 1170 g/mol. The largest absolute Gasteiger partial charge is 0.494 e. The van der Waals surface area contributed by atoms with E-state index in [1.165, 1.54) is 11.3 Å². The molecule has 7 rings (SSSR count). The van der Waals surface area contributed by atoms with Gasteiger partial charge in [-0.2, -0.15) is 5.10 Å². The number of thiazole rings is 1. The number of hydrazone groups is 1. The highest BCUT2D eigenvalue weighted by Crippen LogP contribution is 2.33. The van der Waals surface area contributed by atoms with E-state index in [9.17, 15) is 28.8 Å². The van der Waals surface area contributed by atoms with Gasteiger partial charge in [-0.15, -0.1) is 0 Å². The molecule has 0 aliphatic heterocycles. The van der Waals surface area contributed by atoms with Gasteiger partial charge in [-0.3, -0.25) is 9.59 Å². The SMILES string of the molecule is C=CC(=O)OCCCCCCOc1ccc(OC(=O)C2CCC(OC(=O)c3ccc(OC(=O)C4CCC(OC(=O)c5ccc(OCCCCCCOC(=O)C=C)cc5)CC4)cc3/C=N/N(CCCCCC)c3nc4ccccc4s3)CC2)cc1. The lowest BCUT2D eigenvalue weighted by molar-refractivity contribution is -0.141. The fraction of sp³-hybridized carbons (Fsp3) is 0.455. The third kappa shape index (κ3) is 21.1.